The molecule has 0 saturated carbocycles. The number of furan rings is 1. The second kappa shape index (κ2) is 5.05. The van der Waals surface area contributed by atoms with Gasteiger partial charge in [-0.3, -0.25) is 0 Å². The molecule has 6 heteroatoms. The van der Waals surface area contributed by atoms with E-state index in [9.17, 15) is 17.6 Å². The molecule has 1 aromatic heterocycles. The molecule has 19 heavy (non-hydrogen) atoms. The summed E-state index contributed by atoms with van der Waals surface area (Å²) in [6, 6.07) is 3.23. The lowest BCUT2D eigenvalue weighted by Crippen LogP contribution is -2.19. The summed E-state index contributed by atoms with van der Waals surface area (Å²) in [6.07, 6.45) is -1.76. The molecule has 102 valence electrons. The van der Waals surface area contributed by atoms with E-state index >= 15 is 0 Å². The van der Waals surface area contributed by atoms with Crippen LogP contribution in [-0.4, -0.2) is 7.05 Å². The van der Waals surface area contributed by atoms with Gasteiger partial charge in [0.2, 0.25) is 0 Å². The summed E-state index contributed by atoms with van der Waals surface area (Å²) in [6.45, 7) is 0. The highest BCUT2D eigenvalue weighted by Gasteiger charge is 2.32. The van der Waals surface area contributed by atoms with Crippen LogP contribution in [0.15, 0.2) is 41.2 Å². The minimum Gasteiger partial charge on any atom is -0.472 e. The van der Waals surface area contributed by atoms with Crippen molar-refractivity contribution in [3.8, 4) is 0 Å². The summed E-state index contributed by atoms with van der Waals surface area (Å²) in [5.41, 5.74) is -0.396. The first-order valence-electron chi connectivity index (χ1n) is 5.49. The summed E-state index contributed by atoms with van der Waals surface area (Å²) >= 11 is 0. The first-order valence-corrected chi connectivity index (χ1v) is 5.49. The molecule has 0 bridgehead atoms. The van der Waals surface area contributed by atoms with Gasteiger partial charge < -0.3 is 9.73 Å². The highest BCUT2D eigenvalue weighted by Crippen LogP contribution is 2.33. The van der Waals surface area contributed by atoms with Crippen molar-refractivity contribution in [2.75, 3.05) is 7.05 Å². The fourth-order valence-electron chi connectivity index (χ4n) is 1.88. The lowest BCUT2D eigenvalue weighted by atomic mass is 9.98. The highest BCUT2D eigenvalue weighted by molar-refractivity contribution is 5.35. The number of halogens is 4. The maximum Gasteiger partial charge on any atom is 0.416 e. The van der Waals surface area contributed by atoms with Crippen molar-refractivity contribution in [1.29, 1.82) is 0 Å². The third-order valence-corrected chi connectivity index (χ3v) is 2.80. The predicted octanol–water partition coefficient (Wildman–Crippen LogP) is 3.75. The molecule has 1 heterocycles. The smallest absolute Gasteiger partial charge is 0.416 e. The zero-order chi connectivity index (χ0) is 14.0. The van der Waals surface area contributed by atoms with Crippen LogP contribution in [0.4, 0.5) is 17.6 Å². The molecule has 0 spiro atoms. The van der Waals surface area contributed by atoms with Crippen LogP contribution in [0.1, 0.15) is 22.7 Å². The van der Waals surface area contributed by atoms with Gasteiger partial charge in [-0.15, -0.1) is 0 Å². The molecule has 0 radical (unpaired) electrons. The molecule has 0 aliphatic rings. The van der Waals surface area contributed by atoms with Crippen molar-refractivity contribution < 1.29 is 22.0 Å². The topological polar surface area (TPSA) is 25.2 Å². The van der Waals surface area contributed by atoms with E-state index in [1.807, 2.05) is 0 Å². The average molecular weight is 273 g/mol. The molecular formula is C13H11F4NO. The number of alkyl halides is 3. The summed E-state index contributed by atoms with van der Waals surface area (Å²) in [5, 5.41) is 2.77. The maximum absolute atomic E-state index is 13.7. The summed E-state index contributed by atoms with van der Waals surface area (Å²) in [5.74, 6) is -0.700. The van der Waals surface area contributed by atoms with Crippen molar-refractivity contribution in [2.24, 2.45) is 0 Å². The zero-order valence-electron chi connectivity index (χ0n) is 9.96. The second-order valence-corrected chi connectivity index (χ2v) is 4.01. The Morgan fingerprint density at radius 3 is 2.47 bits per heavy atom. The molecule has 2 aromatic rings. The second-order valence-electron chi connectivity index (χ2n) is 4.01. The van der Waals surface area contributed by atoms with Crippen molar-refractivity contribution in [1.82, 2.24) is 5.32 Å². The molecule has 0 fully saturated rings. The maximum atomic E-state index is 13.7. The van der Waals surface area contributed by atoms with Gasteiger partial charge in [-0.1, -0.05) is 0 Å². The summed E-state index contributed by atoms with van der Waals surface area (Å²) in [4.78, 5) is 0. The van der Waals surface area contributed by atoms with Gasteiger partial charge in [-0.05, 0) is 31.3 Å². The van der Waals surface area contributed by atoms with Crippen LogP contribution in [0, 0.1) is 5.82 Å². The van der Waals surface area contributed by atoms with Gasteiger partial charge in [0, 0.05) is 11.1 Å². The molecule has 1 atom stereocenters. The molecule has 0 amide bonds. The van der Waals surface area contributed by atoms with Crippen molar-refractivity contribution in [3.63, 3.8) is 0 Å². The largest absolute Gasteiger partial charge is 0.472 e. The van der Waals surface area contributed by atoms with E-state index in [2.05, 4.69) is 5.32 Å². The van der Waals surface area contributed by atoms with Crippen LogP contribution < -0.4 is 5.32 Å². The Kier molecular flexibility index (Phi) is 3.61. The van der Waals surface area contributed by atoms with Gasteiger partial charge in [-0.2, -0.15) is 13.2 Å². The van der Waals surface area contributed by atoms with Gasteiger partial charge >= 0.3 is 6.18 Å². The Hall–Kier alpha value is -1.82. The summed E-state index contributed by atoms with van der Waals surface area (Å²) < 4.78 is 56.6. The molecule has 2 nitrogen and oxygen atoms in total. The minimum atomic E-state index is -4.50. The van der Waals surface area contributed by atoms with E-state index in [-0.39, 0.29) is 5.56 Å². The third-order valence-electron chi connectivity index (χ3n) is 2.80. The van der Waals surface area contributed by atoms with Crippen LogP contribution in [-0.2, 0) is 6.18 Å². The Morgan fingerprint density at radius 1 is 1.21 bits per heavy atom. The third kappa shape index (κ3) is 2.78. The number of hydrogen-bond acceptors (Lipinski definition) is 2. The van der Waals surface area contributed by atoms with E-state index < -0.39 is 23.6 Å². The van der Waals surface area contributed by atoms with E-state index in [4.69, 9.17) is 4.42 Å². The number of hydrogen-bond donors (Lipinski definition) is 1. The quantitative estimate of drug-likeness (QED) is 0.862. The Labute approximate surface area is 107 Å². The van der Waals surface area contributed by atoms with Crippen LogP contribution >= 0.6 is 0 Å². The first kappa shape index (κ1) is 13.6. The van der Waals surface area contributed by atoms with Crippen molar-refractivity contribution in [3.05, 3.63) is 59.3 Å². The Morgan fingerprint density at radius 2 is 1.95 bits per heavy atom. The van der Waals surface area contributed by atoms with Gasteiger partial charge in [0.15, 0.2) is 0 Å². The van der Waals surface area contributed by atoms with Gasteiger partial charge in [-0.25, -0.2) is 4.39 Å². The van der Waals surface area contributed by atoms with Crippen LogP contribution in [0.2, 0.25) is 0 Å². The number of rotatable bonds is 3. The van der Waals surface area contributed by atoms with E-state index in [1.54, 1.807) is 6.07 Å². The zero-order valence-corrected chi connectivity index (χ0v) is 9.96. The monoisotopic (exact) mass is 273 g/mol. The van der Waals surface area contributed by atoms with E-state index in [0.29, 0.717) is 5.56 Å². The van der Waals surface area contributed by atoms with Crippen LogP contribution in [0.25, 0.3) is 0 Å². The lowest BCUT2D eigenvalue weighted by molar-refractivity contribution is -0.137. The van der Waals surface area contributed by atoms with Gasteiger partial charge in [0.05, 0.1) is 24.1 Å². The number of nitrogens with one attached hydrogen (secondary N) is 1. The van der Waals surface area contributed by atoms with Crippen LogP contribution in [0.5, 0.6) is 0 Å². The van der Waals surface area contributed by atoms with Gasteiger partial charge in [0.25, 0.3) is 0 Å². The fourth-order valence-corrected chi connectivity index (χ4v) is 1.88. The molecule has 0 saturated heterocycles. The molecule has 1 unspecified atom stereocenters. The SMILES string of the molecule is CNC(c1ccoc1)c1cc(C(F)(F)F)ccc1F. The van der Waals surface area contributed by atoms with Gasteiger partial charge in [0.1, 0.15) is 5.82 Å². The normalized spacial score (nSPS) is 13.5. The van der Waals surface area contributed by atoms with Crippen molar-refractivity contribution >= 4 is 0 Å². The van der Waals surface area contributed by atoms with Crippen LogP contribution in [0.3, 0.4) is 0 Å². The molecule has 1 N–H and O–H groups in total. The Balaban J connectivity index is 2.48. The minimum absolute atomic E-state index is 0.0706. The van der Waals surface area contributed by atoms with E-state index in [0.717, 1.165) is 18.2 Å². The first-order chi connectivity index (χ1) is 8.93. The van der Waals surface area contributed by atoms with Crippen molar-refractivity contribution in [2.45, 2.75) is 12.2 Å². The highest BCUT2D eigenvalue weighted by atomic mass is 19.4. The molecule has 2 rings (SSSR count). The molecule has 0 aliphatic carbocycles. The Bertz CT molecular complexity index is 548. The fraction of sp³-hybridized carbons (Fsp3) is 0.231. The lowest BCUT2D eigenvalue weighted by Gasteiger charge is -2.17. The summed E-state index contributed by atoms with van der Waals surface area (Å²) in [7, 11) is 1.54. The number of benzene rings is 1. The standard InChI is InChI=1S/C13H11F4NO/c1-18-12(8-4-5-19-7-8)10-6-9(13(15,16)17)2-3-11(10)14/h2-7,12,18H,1H3. The molecule has 1 aromatic carbocycles. The predicted molar refractivity (Wildman–Crippen MR) is 61.0 cm³/mol. The average Bonchev–Trinajstić information content (AvgIpc) is 2.84. The molecule has 0 aliphatic heterocycles. The van der Waals surface area contributed by atoms with E-state index in [1.165, 1.54) is 19.6 Å². The molecular weight excluding hydrogens is 262 g/mol.